The molecular weight excluding hydrogens is 370 g/mol. The zero-order valence-corrected chi connectivity index (χ0v) is 16.2. The molecule has 3 heterocycles. The molecule has 1 aliphatic rings. The van der Waals surface area contributed by atoms with E-state index in [9.17, 15) is 14.7 Å². The third-order valence-electron chi connectivity index (χ3n) is 5.38. The number of aromatic amines is 1. The van der Waals surface area contributed by atoms with Gasteiger partial charge in [-0.3, -0.25) is 14.7 Å². The lowest BCUT2D eigenvalue weighted by Crippen LogP contribution is -2.43. The van der Waals surface area contributed by atoms with Gasteiger partial charge in [0.1, 0.15) is 6.04 Å². The van der Waals surface area contributed by atoms with Gasteiger partial charge in [0.05, 0.1) is 17.4 Å². The number of benzene rings is 1. The maximum atomic E-state index is 13.3. The molecule has 0 radical (unpaired) electrons. The van der Waals surface area contributed by atoms with Gasteiger partial charge in [0.15, 0.2) is 0 Å². The molecule has 8 nitrogen and oxygen atoms in total. The number of para-hydroxylation sites is 1. The molecule has 29 heavy (non-hydrogen) atoms. The number of fused-ring (bicyclic) bond motifs is 2. The topological polar surface area (TPSA) is 111 Å². The molecule has 1 unspecified atom stereocenters. The molecule has 2 aromatic heterocycles. The van der Waals surface area contributed by atoms with E-state index in [2.05, 4.69) is 27.1 Å². The van der Waals surface area contributed by atoms with Crippen molar-refractivity contribution in [3.05, 3.63) is 59.3 Å². The SMILES string of the molecule is CCN1CCc2nc3ccccc3c(C(=O)NC(Cc3cnc[nH]3)C(=O)O)c2C1. The van der Waals surface area contributed by atoms with Gasteiger partial charge >= 0.3 is 5.97 Å². The summed E-state index contributed by atoms with van der Waals surface area (Å²) in [7, 11) is 0. The van der Waals surface area contributed by atoms with E-state index in [0.717, 1.165) is 41.7 Å². The van der Waals surface area contributed by atoms with Crippen molar-refractivity contribution >= 4 is 22.8 Å². The third kappa shape index (κ3) is 3.84. The van der Waals surface area contributed by atoms with Gasteiger partial charge < -0.3 is 15.4 Å². The van der Waals surface area contributed by atoms with Crippen LogP contribution in [0.4, 0.5) is 0 Å². The van der Waals surface area contributed by atoms with Crippen molar-refractivity contribution in [2.24, 2.45) is 0 Å². The fraction of sp³-hybridized carbons (Fsp3) is 0.333. The maximum Gasteiger partial charge on any atom is 0.326 e. The predicted molar refractivity (Wildman–Crippen MR) is 108 cm³/mol. The smallest absolute Gasteiger partial charge is 0.326 e. The van der Waals surface area contributed by atoms with Crippen LogP contribution in [0.25, 0.3) is 10.9 Å². The summed E-state index contributed by atoms with van der Waals surface area (Å²) in [5, 5.41) is 13.1. The third-order valence-corrected chi connectivity index (χ3v) is 5.38. The van der Waals surface area contributed by atoms with Crippen molar-refractivity contribution in [3.8, 4) is 0 Å². The standard InChI is InChI=1S/C21H23N5O3/c1-2-26-8-7-17-15(11-26)19(14-5-3-4-6-16(14)24-17)20(27)25-18(21(28)29)9-13-10-22-12-23-13/h3-6,10,12,18H,2,7-9,11H2,1H3,(H,22,23)(H,25,27)(H,28,29). The largest absolute Gasteiger partial charge is 0.480 e. The number of rotatable bonds is 6. The lowest BCUT2D eigenvalue weighted by molar-refractivity contribution is -0.139. The molecule has 150 valence electrons. The van der Waals surface area contributed by atoms with Gasteiger partial charge in [0.2, 0.25) is 0 Å². The Morgan fingerprint density at radius 1 is 1.34 bits per heavy atom. The second-order valence-electron chi connectivity index (χ2n) is 7.19. The molecule has 3 aromatic rings. The number of nitrogens with zero attached hydrogens (tertiary/aromatic N) is 3. The number of carbonyl (C=O) groups is 2. The second kappa shape index (κ2) is 8.00. The van der Waals surface area contributed by atoms with Crippen molar-refractivity contribution in [1.29, 1.82) is 0 Å². The first-order chi connectivity index (χ1) is 14.1. The quantitative estimate of drug-likeness (QED) is 0.588. The minimum atomic E-state index is -1.09. The van der Waals surface area contributed by atoms with Crippen LogP contribution in [0.2, 0.25) is 0 Å². The van der Waals surface area contributed by atoms with Crippen LogP contribution in [0.15, 0.2) is 36.8 Å². The summed E-state index contributed by atoms with van der Waals surface area (Å²) in [6.07, 6.45) is 3.95. The van der Waals surface area contributed by atoms with Crippen LogP contribution >= 0.6 is 0 Å². The van der Waals surface area contributed by atoms with Gasteiger partial charge in [-0.25, -0.2) is 9.78 Å². The first kappa shape index (κ1) is 19.1. The van der Waals surface area contributed by atoms with Crippen LogP contribution in [-0.2, 0) is 24.2 Å². The highest BCUT2D eigenvalue weighted by Crippen LogP contribution is 2.28. The Hall–Kier alpha value is -3.26. The van der Waals surface area contributed by atoms with Crippen molar-refractivity contribution in [1.82, 2.24) is 25.2 Å². The average Bonchev–Trinajstić information content (AvgIpc) is 3.24. The van der Waals surface area contributed by atoms with Crippen molar-refractivity contribution in [2.75, 3.05) is 13.1 Å². The first-order valence-electron chi connectivity index (χ1n) is 9.70. The van der Waals surface area contributed by atoms with E-state index in [4.69, 9.17) is 4.98 Å². The van der Waals surface area contributed by atoms with Gasteiger partial charge in [-0.05, 0) is 12.6 Å². The van der Waals surface area contributed by atoms with Crippen LogP contribution in [-0.4, -0.2) is 56.0 Å². The fourth-order valence-electron chi connectivity index (χ4n) is 3.82. The average molecular weight is 393 g/mol. The summed E-state index contributed by atoms with van der Waals surface area (Å²) in [5.41, 5.74) is 3.73. The van der Waals surface area contributed by atoms with Crippen molar-refractivity contribution in [3.63, 3.8) is 0 Å². The Balaban J connectivity index is 1.73. The Kier molecular flexibility index (Phi) is 5.26. The molecule has 0 fully saturated rings. The molecule has 0 bridgehead atoms. The number of hydrogen-bond donors (Lipinski definition) is 3. The number of aromatic nitrogens is 3. The van der Waals surface area contributed by atoms with E-state index in [-0.39, 0.29) is 12.3 Å². The molecule has 1 aliphatic heterocycles. The van der Waals surface area contributed by atoms with Gasteiger partial charge in [0, 0.05) is 54.5 Å². The number of nitrogens with one attached hydrogen (secondary N) is 2. The van der Waals surface area contributed by atoms with E-state index < -0.39 is 12.0 Å². The molecule has 0 saturated carbocycles. The Morgan fingerprint density at radius 3 is 2.90 bits per heavy atom. The number of likely N-dealkylation sites (N-methyl/N-ethyl adjacent to an activating group) is 1. The number of pyridine rings is 1. The second-order valence-corrected chi connectivity index (χ2v) is 7.19. The van der Waals surface area contributed by atoms with E-state index in [0.29, 0.717) is 17.8 Å². The minimum Gasteiger partial charge on any atom is -0.480 e. The summed E-state index contributed by atoms with van der Waals surface area (Å²) >= 11 is 0. The summed E-state index contributed by atoms with van der Waals surface area (Å²) in [6, 6.07) is 6.46. The number of aliphatic carboxylic acids is 1. The monoisotopic (exact) mass is 393 g/mol. The lowest BCUT2D eigenvalue weighted by atomic mass is 9.95. The maximum absolute atomic E-state index is 13.3. The minimum absolute atomic E-state index is 0.132. The zero-order valence-electron chi connectivity index (χ0n) is 16.2. The number of amides is 1. The number of imidazole rings is 1. The summed E-state index contributed by atoms with van der Waals surface area (Å²) in [5.74, 6) is -1.47. The van der Waals surface area contributed by atoms with Crippen LogP contribution in [0, 0.1) is 0 Å². The van der Waals surface area contributed by atoms with Crippen LogP contribution in [0.3, 0.4) is 0 Å². The summed E-state index contributed by atoms with van der Waals surface area (Å²) in [4.78, 5) is 38.9. The number of H-pyrrole nitrogens is 1. The molecule has 0 saturated heterocycles. The fourth-order valence-corrected chi connectivity index (χ4v) is 3.82. The normalized spacial score (nSPS) is 15.1. The number of carboxylic acid groups (broad SMARTS) is 1. The molecule has 3 N–H and O–H groups in total. The number of carboxylic acids is 1. The molecule has 0 aliphatic carbocycles. The highest BCUT2D eigenvalue weighted by Gasteiger charge is 2.28. The molecule has 1 atom stereocenters. The predicted octanol–water partition coefficient (Wildman–Crippen LogP) is 1.76. The molecular formula is C21H23N5O3. The van der Waals surface area contributed by atoms with Crippen LogP contribution in [0.5, 0.6) is 0 Å². The van der Waals surface area contributed by atoms with Crippen molar-refractivity contribution in [2.45, 2.75) is 32.4 Å². The molecule has 0 spiro atoms. The van der Waals surface area contributed by atoms with Gasteiger partial charge in [-0.15, -0.1) is 0 Å². The van der Waals surface area contributed by atoms with E-state index in [1.54, 1.807) is 6.20 Å². The molecule has 8 heteroatoms. The van der Waals surface area contributed by atoms with Gasteiger partial charge in [-0.2, -0.15) is 0 Å². The molecule has 4 rings (SSSR count). The number of hydrogen-bond acceptors (Lipinski definition) is 5. The van der Waals surface area contributed by atoms with E-state index >= 15 is 0 Å². The zero-order chi connectivity index (χ0) is 20.4. The Morgan fingerprint density at radius 2 is 2.17 bits per heavy atom. The number of carbonyl (C=O) groups excluding carboxylic acids is 1. The summed E-state index contributed by atoms with van der Waals surface area (Å²) in [6.45, 7) is 4.49. The van der Waals surface area contributed by atoms with Gasteiger partial charge in [-0.1, -0.05) is 25.1 Å². The highest BCUT2D eigenvalue weighted by molar-refractivity contribution is 6.08. The van der Waals surface area contributed by atoms with E-state index in [1.165, 1.54) is 6.33 Å². The molecule has 1 amide bonds. The van der Waals surface area contributed by atoms with Crippen LogP contribution < -0.4 is 5.32 Å². The summed E-state index contributed by atoms with van der Waals surface area (Å²) < 4.78 is 0. The van der Waals surface area contributed by atoms with E-state index in [1.807, 2.05) is 24.3 Å². The Labute approximate surface area is 168 Å². The van der Waals surface area contributed by atoms with Crippen molar-refractivity contribution < 1.29 is 14.7 Å². The molecule has 1 aromatic carbocycles. The highest BCUT2D eigenvalue weighted by atomic mass is 16.4. The lowest BCUT2D eigenvalue weighted by Gasteiger charge is -2.29. The van der Waals surface area contributed by atoms with Gasteiger partial charge in [0.25, 0.3) is 5.91 Å². The Bertz CT molecular complexity index is 1050. The van der Waals surface area contributed by atoms with Crippen LogP contribution in [0.1, 0.15) is 34.2 Å². The first-order valence-corrected chi connectivity index (χ1v) is 9.70.